The van der Waals surface area contributed by atoms with E-state index in [1.165, 1.54) is 11.3 Å². The zero-order valence-corrected chi connectivity index (χ0v) is 13.2. The number of rotatable bonds is 4. The van der Waals surface area contributed by atoms with Crippen molar-refractivity contribution in [1.82, 2.24) is 5.43 Å². The molecule has 0 bridgehead atoms. The number of carbonyl (C=O) groups is 1. The van der Waals surface area contributed by atoms with Crippen LogP contribution in [-0.2, 0) is 0 Å². The number of hydrogen-bond acceptors (Lipinski definition) is 5. The van der Waals surface area contributed by atoms with Gasteiger partial charge in [0.25, 0.3) is 5.91 Å². The molecule has 0 saturated carbocycles. The average molecular weight is 327 g/mol. The predicted octanol–water partition coefficient (Wildman–Crippen LogP) is 3.82. The molecule has 4 nitrogen and oxygen atoms in total. The number of benzene rings is 1. The second kappa shape index (κ2) is 6.55. The summed E-state index contributed by atoms with van der Waals surface area (Å²) in [4.78, 5) is 14.1. The number of nitrogens with zero attached hydrogens (tertiary/aromatic N) is 1. The van der Waals surface area contributed by atoms with E-state index in [9.17, 15) is 4.79 Å². The highest BCUT2D eigenvalue weighted by Crippen LogP contribution is 2.33. The number of thiophene rings is 2. The maximum atomic E-state index is 12.1. The molecule has 3 N–H and O–H groups in total. The minimum Gasteiger partial charge on any atom is -0.390 e. The molecule has 2 aromatic heterocycles. The number of carbonyl (C=O) groups excluding carboxylic acids is 1. The number of anilines is 1. The summed E-state index contributed by atoms with van der Waals surface area (Å²) >= 11 is 2.95. The second-order valence-electron chi connectivity index (χ2n) is 4.47. The molecular formula is C16H13N3OS2. The highest BCUT2D eigenvalue weighted by molar-refractivity contribution is 7.19. The molecular weight excluding hydrogens is 314 g/mol. The van der Waals surface area contributed by atoms with E-state index in [1.807, 2.05) is 47.8 Å². The first-order valence-electron chi connectivity index (χ1n) is 6.55. The van der Waals surface area contributed by atoms with Gasteiger partial charge in [-0.3, -0.25) is 4.79 Å². The minimum atomic E-state index is -0.302. The van der Waals surface area contributed by atoms with Gasteiger partial charge in [-0.15, -0.1) is 22.7 Å². The van der Waals surface area contributed by atoms with Crippen LogP contribution in [0.5, 0.6) is 0 Å². The summed E-state index contributed by atoms with van der Waals surface area (Å²) in [5, 5.41) is 6.39. The molecule has 22 heavy (non-hydrogen) atoms. The Morgan fingerprint density at radius 3 is 2.73 bits per heavy atom. The first kappa shape index (κ1) is 14.5. The molecule has 0 aliphatic rings. The van der Waals surface area contributed by atoms with E-state index in [4.69, 9.17) is 5.73 Å². The van der Waals surface area contributed by atoms with Crippen LogP contribution in [0.15, 0.2) is 59.0 Å². The van der Waals surface area contributed by atoms with Gasteiger partial charge in [-0.25, -0.2) is 5.43 Å². The molecule has 0 saturated heterocycles. The zero-order valence-electron chi connectivity index (χ0n) is 11.5. The van der Waals surface area contributed by atoms with Crippen molar-refractivity contribution in [3.05, 3.63) is 64.4 Å². The van der Waals surface area contributed by atoms with Crippen LogP contribution in [0.3, 0.4) is 0 Å². The summed E-state index contributed by atoms with van der Waals surface area (Å²) in [6, 6.07) is 15.5. The van der Waals surface area contributed by atoms with Crippen molar-refractivity contribution >= 4 is 39.8 Å². The van der Waals surface area contributed by atoms with Crippen LogP contribution >= 0.6 is 22.7 Å². The maximum Gasteiger partial charge on any atom is 0.274 e. The summed E-state index contributed by atoms with van der Waals surface area (Å²) in [5.41, 5.74) is 9.95. The lowest BCUT2D eigenvalue weighted by Crippen LogP contribution is -2.17. The normalized spacial score (nSPS) is 10.9. The van der Waals surface area contributed by atoms with Gasteiger partial charge in [0.05, 0.1) is 16.8 Å². The molecule has 6 heteroatoms. The number of hydrazone groups is 1. The van der Waals surface area contributed by atoms with E-state index in [0.29, 0.717) is 10.6 Å². The molecule has 3 aromatic rings. The van der Waals surface area contributed by atoms with Gasteiger partial charge < -0.3 is 5.73 Å². The molecule has 2 heterocycles. The lowest BCUT2D eigenvalue weighted by molar-refractivity contribution is 0.0956. The molecule has 1 amide bonds. The van der Waals surface area contributed by atoms with Crippen molar-refractivity contribution in [2.45, 2.75) is 0 Å². The van der Waals surface area contributed by atoms with Crippen molar-refractivity contribution in [2.75, 3.05) is 5.73 Å². The van der Waals surface area contributed by atoms with Crippen molar-refractivity contribution in [3.8, 4) is 10.4 Å². The molecule has 0 aliphatic heterocycles. The summed E-state index contributed by atoms with van der Waals surface area (Å²) < 4.78 is 0. The molecule has 110 valence electrons. The number of hydrogen-bond donors (Lipinski definition) is 2. The lowest BCUT2D eigenvalue weighted by atomic mass is 10.1. The summed E-state index contributed by atoms with van der Waals surface area (Å²) in [6.07, 6.45) is 1.61. The molecule has 0 atom stereocenters. The van der Waals surface area contributed by atoms with Crippen LogP contribution in [0.1, 0.15) is 15.2 Å². The Labute approximate surface area is 135 Å². The van der Waals surface area contributed by atoms with Gasteiger partial charge in [-0.1, -0.05) is 36.4 Å². The molecule has 1 aromatic carbocycles. The summed E-state index contributed by atoms with van der Waals surface area (Å²) in [6.45, 7) is 0. The summed E-state index contributed by atoms with van der Waals surface area (Å²) in [5.74, 6) is -0.302. The Morgan fingerprint density at radius 1 is 1.18 bits per heavy atom. The third-order valence-electron chi connectivity index (χ3n) is 2.96. The minimum absolute atomic E-state index is 0.302. The Hall–Kier alpha value is -2.44. The van der Waals surface area contributed by atoms with Crippen molar-refractivity contribution in [3.63, 3.8) is 0 Å². The molecule has 0 unspecified atom stereocenters. The van der Waals surface area contributed by atoms with Crippen molar-refractivity contribution in [2.24, 2.45) is 5.10 Å². The quantitative estimate of drug-likeness (QED) is 0.565. The van der Waals surface area contributed by atoms with Crippen molar-refractivity contribution in [1.29, 1.82) is 0 Å². The Kier molecular flexibility index (Phi) is 4.32. The predicted molar refractivity (Wildman–Crippen MR) is 93.5 cm³/mol. The van der Waals surface area contributed by atoms with E-state index in [0.717, 1.165) is 15.3 Å². The number of amides is 1. The Morgan fingerprint density at radius 2 is 2.00 bits per heavy atom. The summed E-state index contributed by atoms with van der Waals surface area (Å²) in [7, 11) is 0. The van der Waals surface area contributed by atoms with Crippen LogP contribution in [0.2, 0.25) is 0 Å². The molecule has 0 spiro atoms. The fraction of sp³-hybridized carbons (Fsp3) is 0. The van der Waals surface area contributed by atoms with Crippen LogP contribution in [0, 0.1) is 0 Å². The Bertz CT molecular complexity index is 792. The van der Waals surface area contributed by atoms with Crippen LogP contribution in [-0.4, -0.2) is 12.1 Å². The van der Waals surface area contributed by atoms with Crippen LogP contribution in [0.25, 0.3) is 10.4 Å². The standard InChI is InChI=1S/C16H13N3OS2/c17-15-13(9-14(22-15)11-5-2-1-3-6-11)16(20)19-18-10-12-7-4-8-21-12/h1-10H,17H2,(H,19,20)/b18-10+. The average Bonchev–Trinajstić information content (AvgIpc) is 3.17. The smallest absolute Gasteiger partial charge is 0.274 e. The fourth-order valence-corrected chi connectivity index (χ4v) is 3.42. The molecule has 0 aliphatic carbocycles. The van der Waals surface area contributed by atoms with Gasteiger partial charge >= 0.3 is 0 Å². The van der Waals surface area contributed by atoms with E-state index < -0.39 is 0 Å². The monoisotopic (exact) mass is 327 g/mol. The topological polar surface area (TPSA) is 67.5 Å². The lowest BCUT2D eigenvalue weighted by Gasteiger charge is -1.97. The van der Waals surface area contributed by atoms with E-state index in [-0.39, 0.29) is 5.91 Å². The van der Waals surface area contributed by atoms with E-state index >= 15 is 0 Å². The van der Waals surface area contributed by atoms with E-state index in [2.05, 4.69) is 10.5 Å². The number of nitrogen functional groups attached to an aromatic ring is 1. The largest absolute Gasteiger partial charge is 0.390 e. The second-order valence-corrected chi connectivity index (χ2v) is 6.53. The van der Waals surface area contributed by atoms with Gasteiger partial charge in [-0.05, 0) is 23.1 Å². The molecule has 0 radical (unpaired) electrons. The van der Waals surface area contributed by atoms with Gasteiger partial charge in [-0.2, -0.15) is 5.10 Å². The fourth-order valence-electron chi connectivity index (χ4n) is 1.91. The highest BCUT2D eigenvalue weighted by Gasteiger charge is 2.14. The molecule has 3 rings (SSSR count). The van der Waals surface area contributed by atoms with Gasteiger partial charge in [0, 0.05) is 9.75 Å². The molecule has 0 fully saturated rings. The van der Waals surface area contributed by atoms with Gasteiger partial charge in [0.1, 0.15) is 0 Å². The van der Waals surface area contributed by atoms with Gasteiger partial charge in [0.15, 0.2) is 0 Å². The third-order valence-corrected chi connectivity index (χ3v) is 4.78. The SMILES string of the molecule is Nc1sc(-c2ccccc2)cc1C(=O)N/N=C/c1cccs1. The van der Waals surface area contributed by atoms with E-state index in [1.54, 1.807) is 23.6 Å². The van der Waals surface area contributed by atoms with Crippen LogP contribution in [0.4, 0.5) is 5.00 Å². The Balaban J connectivity index is 1.74. The van der Waals surface area contributed by atoms with Crippen molar-refractivity contribution < 1.29 is 4.79 Å². The van der Waals surface area contributed by atoms with Crippen LogP contribution < -0.4 is 11.2 Å². The third kappa shape index (κ3) is 3.24. The first-order chi connectivity index (χ1) is 10.7. The highest BCUT2D eigenvalue weighted by atomic mass is 32.1. The first-order valence-corrected chi connectivity index (χ1v) is 8.25. The van der Waals surface area contributed by atoms with Gasteiger partial charge in [0.2, 0.25) is 0 Å². The number of nitrogens with one attached hydrogen (secondary N) is 1. The maximum absolute atomic E-state index is 12.1. The number of nitrogens with two attached hydrogens (primary N) is 1. The zero-order chi connectivity index (χ0) is 15.4.